The minimum Gasteiger partial charge on any atom is -0.482 e. The number of halogens is 1. The first-order chi connectivity index (χ1) is 6.72. The van der Waals surface area contributed by atoms with Crippen LogP contribution in [0.1, 0.15) is 45.7 Å². The van der Waals surface area contributed by atoms with Crippen molar-refractivity contribution in [1.82, 2.24) is 0 Å². The van der Waals surface area contributed by atoms with Gasteiger partial charge in [0, 0.05) is 15.6 Å². The van der Waals surface area contributed by atoms with Crippen LogP contribution in [-0.4, -0.2) is 0 Å². The smallest absolute Gasteiger partial charge is 0.132 e. The topological polar surface area (TPSA) is 9.23 Å². The van der Waals surface area contributed by atoms with Crippen LogP contribution in [-0.2, 0) is 11.0 Å². The zero-order valence-electron chi connectivity index (χ0n) is 9.94. The van der Waals surface area contributed by atoms with Crippen molar-refractivity contribution in [2.45, 2.75) is 45.6 Å². The molecule has 1 heterocycles. The highest BCUT2D eigenvalue weighted by molar-refractivity contribution is 9.10. The summed E-state index contributed by atoms with van der Waals surface area (Å²) in [7, 11) is 0. The summed E-state index contributed by atoms with van der Waals surface area (Å²) in [5.41, 5.74) is 2.59. The Labute approximate surface area is 100.0 Å². The first kappa shape index (κ1) is 11.0. The van der Waals surface area contributed by atoms with E-state index in [1.54, 1.807) is 0 Å². The molecule has 0 fully saturated rings. The van der Waals surface area contributed by atoms with Crippen molar-refractivity contribution < 1.29 is 4.74 Å². The van der Waals surface area contributed by atoms with E-state index >= 15 is 0 Å². The summed E-state index contributed by atoms with van der Waals surface area (Å²) in [5.74, 6) is 1.08. The summed E-state index contributed by atoms with van der Waals surface area (Å²) in [6, 6.07) is 4.32. The second-order valence-corrected chi connectivity index (χ2v) is 6.61. The molecule has 0 amide bonds. The van der Waals surface area contributed by atoms with E-state index < -0.39 is 0 Å². The van der Waals surface area contributed by atoms with E-state index in [2.05, 4.69) is 62.7 Å². The molecule has 0 aromatic heterocycles. The maximum Gasteiger partial charge on any atom is 0.132 e. The summed E-state index contributed by atoms with van der Waals surface area (Å²) >= 11 is 3.57. The lowest BCUT2D eigenvalue weighted by molar-refractivity contribution is 0.0483. The molecule has 0 radical (unpaired) electrons. The van der Waals surface area contributed by atoms with Gasteiger partial charge in [-0.25, -0.2) is 0 Å². The Kier molecular flexibility index (Phi) is 2.20. The van der Waals surface area contributed by atoms with Gasteiger partial charge in [-0.1, -0.05) is 36.7 Å². The number of ether oxygens (including phenoxy) is 1. The van der Waals surface area contributed by atoms with Crippen LogP contribution in [0.5, 0.6) is 5.75 Å². The molecule has 2 heteroatoms. The van der Waals surface area contributed by atoms with Crippen molar-refractivity contribution in [1.29, 1.82) is 0 Å². The number of rotatable bonds is 0. The van der Waals surface area contributed by atoms with Crippen molar-refractivity contribution in [3.8, 4) is 5.75 Å². The van der Waals surface area contributed by atoms with Gasteiger partial charge in [0.2, 0.25) is 0 Å². The van der Waals surface area contributed by atoms with Crippen molar-refractivity contribution in [3.05, 3.63) is 27.7 Å². The van der Waals surface area contributed by atoms with E-state index in [4.69, 9.17) is 4.74 Å². The summed E-state index contributed by atoms with van der Waals surface area (Å²) in [6.07, 6.45) is 0. The molecule has 1 nitrogen and oxygen atoms in total. The maximum absolute atomic E-state index is 5.86. The lowest BCUT2D eigenvalue weighted by Crippen LogP contribution is -2.37. The van der Waals surface area contributed by atoms with Gasteiger partial charge in [-0.05, 0) is 31.4 Å². The van der Waals surface area contributed by atoms with Gasteiger partial charge in [0.05, 0.1) is 0 Å². The first-order valence-electron chi connectivity index (χ1n) is 5.25. The molecule has 82 valence electrons. The Balaban J connectivity index is 2.61. The molecule has 1 aromatic carbocycles. The average Bonchev–Trinajstić information content (AvgIpc) is 2.05. The van der Waals surface area contributed by atoms with Crippen LogP contribution in [0.2, 0.25) is 0 Å². The summed E-state index contributed by atoms with van der Waals surface area (Å²) in [5, 5.41) is 0. The van der Waals surface area contributed by atoms with Gasteiger partial charge < -0.3 is 4.74 Å². The fourth-order valence-electron chi connectivity index (χ4n) is 1.97. The van der Waals surface area contributed by atoms with Crippen molar-refractivity contribution >= 4 is 15.9 Å². The minimum absolute atomic E-state index is 0.126. The lowest BCUT2D eigenvalue weighted by Gasteiger charge is -2.42. The molecule has 1 aliphatic rings. The van der Waals surface area contributed by atoms with E-state index in [1.807, 2.05) is 0 Å². The van der Waals surface area contributed by atoms with Gasteiger partial charge in [0.15, 0.2) is 0 Å². The van der Waals surface area contributed by atoms with E-state index in [0.717, 1.165) is 10.2 Å². The van der Waals surface area contributed by atoms with Crippen LogP contribution in [0.15, 0.2) is 16.6 Å². The first-order valence-corrected chi connectivity index (χ1v) is 6.04. The number of benzene rings is 1. The second kappa shape index (κ2) is 3.00. The molecular formula is C13H17BrO. The summed E-state index contributed by atoms with van der Waals surface area (Å²) in [6.45, 7) is 10.8. The van der Waals surface area contributed by atoms with Crippen LogP contribution in [0.25, 0.3) is 0 Å². The van der Waals surface area contributed by atoms with Gasteiger partial charge in [-0.3, -0.25) is 0 Å². The molecule has 1 aliphatic heterocycles. The standard InChI is InChI=1S/C13H17BrO/c1-12(2,3)9-6-8(14)7-10-11(9)15-13(10,4)5/h6-7H,1-5H3. The van der Waals surface area contributed by atoms with Gasteiger partial charge in [0.1, 0.15) is 11.4 Å². The third kappa shape index (κ3) is 1.69. The predicted molar refractivity (Wildman–Crippen MR) is 66.5 cm³/mol. The van der Waals surface area contributed by atoms with Crippen LogP contribution < -0.4 is 4.74 Å². The molecule has 1 aromatic rings. The van der Waals surface area contributed by atoms with Gasteiger partial charge in [0.25, 0.3) is 0 Å². The molecule has 0 unspecified atom stereocenters. The van der Waals surface area contributed by atoms with Crippen LogP contribution >= 0.6 is 15.9 Å². The molecule has 0 N–H and O–H groups in total. The van der Waals surface area contributed by atoms with E-state index in [1.165, 1.54) is 11.1 Å². The SMILES string of the molecule is CC(C)(C)c1cc(Br)cc2c1OC2(C)C. The third-order valence-electron chi connectivity index (χ3n) is 2.87. The van der Waals surface area contributed by atoms with Gasteiger partial charge >= 0.3 is 0 Å². The lowest BCUT2D eigenvalue weighted by atomic mass is 9.80. The predicted octanol–water partition coefficient (Wildman–Crippen LogP) is 4.37. The quantitative estimate of drug-likeness (QED) is 0.679. The van der Waals surface area contributed by atoms with E-state index in [0.29, 0.717) is 0 Å². The molecule has 15 heavy (non-hydrogen) atoms. The third-order valence-corrected chi connectivity index (χ3v) is 3.33. The summed E-state index contributed by atoms with van der Waals surface area (Å²) < 4.78 is 7.01. The highest BCUT2D eigenvalue weighted by Crippen LogP contribution is 2.50. The fourth-order valence-corrected chi connectivity index (χ4v) is 2.43. The Bertz CT molecular complexity index is 413. The Morgan fingerprint density at radius 3 is 2.27 bits per heavy atom. The zero-order valence-corrected chi connectivity index (χ0v) is 11.5. The Hall–Kier alpha value is -0.500. The average molecular weight is 269 g/mol. The number of hydrogen-bond donors (Lipinski definition) is 0. The van der Waals surface area contributed by atoms with Crippen molar-refractivity contribution in [3.63, 3.8) is 0 Å². The van der Waals surface area contributed by atoms with Gasteiger partial charge in [-0.15, -0.1) is 0 Å². The summed E-state index contributed by atoms with van der Waals surface area (Å²) in [4.78, 5) is 0. The molecule has 0 aliphatic carbocycles. The minimum atomic E-state index is -0.126. The Morgan fingerprint density at radius 2 is 1.80 bits per heavy atom. The number of hydrogen-bond acceptors (Lipinski definition) is 1. The van der Waals surface area contributed by atoms with E-state index in [9.17, 15) is 0 Å². The molecule has 0 saturated carbocycles. The van der Waals surface area contributed by atoms with Crippen LogP contribution in [0, 0.1) is 0 Å². The molecule has 0 bridgehead atoms. The van der Waals surface area contributed by atoms with Crippen LogP contribution in [0.3, 0.4) is 0 Å². The molecular weight excluding hydrogens is 252 g/mol. The maximum atomic E-state index is 5.86. The molecule has 0 saturated heterocycles. The number of fused-ring (bicyclic) bond motifs is 1. The monoisotopic (exact) mass is 268 g/mol. The zero-order chi connectivity index (χ0) is 11.4. The highest BCUT2D eigenvalue weighted by Gasteiger charge is 2.40. The Morgan fingerprint density at radius 1 is 1.20 bits per heavy atom. The molecule has 2 rings (SSSR count). The van der Waals surface area contributed by atoms with E-state index in [-0.39, 0.29) is 11.0 Å². The fraction of sp³-hybridized carbons (Fsp3) is 0.538. The van der Waals surface area contributed by atoms with Crippen molar-refractivity contribution in [2.24, 2.45) is 0 Å². The largest absolute Gasteiger partial charge is 0.482 e. The molecule has 0 atom stereocenters. The van der Waals surface area contributed by atoms with Crippen molar-refractivity contribution in [2.75, 3.05) is 0 Å². The molecule has 0 spiro atoms. The second-order valence-electron chi connectivity index (χ2n) is 5.69. The highest BCUT2D eigenvalue weighted by atomic mass is 79.9. The van der Waals surface area contributed by atoms with Gasteiger partial charge in [-0.2, -0.15) is 0 Å². The van der Waals surface area contributed by atoms with Crippen LogP contribution in [0.4, 0.5) is 0 Å². The normalized spacial score (nSPS) is 17.7.